The van der Waals surface area contributed by atoms with Crippen LogP contribution in [-0.4, -0.2) is 17.0 Å². The van der Waals surface area contributed by atoms with E-state index in [0.29, 0.717) is 18.2 Å². The number of nitrogens with one attached hydrogen (secondary N) is 1. The number of benzene rings is 1. The number of nitriles is 1. The van der Waals surface area contributed by atoms with E-state index >= 15 is 0 Å². The smallest absolute Gasteiger partial charge is 0.309 e. The van der Waals surface area contributed by atoms with E-state index in [9.17, 15) is 10.1 Å². The number of hydrogen-bond donors (Lipinski definition) is 2. The van der Waals surface area contributed by atoms with Crippen molar-refractivity contribution in [1.82, 2.24) is 0 Å². The summed E-state index contributed by atoms with van der Waals surface area (Å²) >= 11 is 0. The average Bonchev–Trinajstić information content (AvgIpc) is 2.49. The number of nitro benzene ring substituents is 1. The van der Waals surface area contributed by atoms with E-state index in [-0.39, 0.29) is 16.8 Å². The molecule has 0 bridgehead atoms. The Morgan fingerprint density at radius 3 is 2.90 bits per heavy atom. The molecule has 2 atom stereocenters. The van der Waals surface area contributed by atoms with Gasteiger partial charge in [0.05, 0.1) is 10.5 Å². The molecule has 112 valence electrons. The number of nitrogens with zero attached hydrogens (tertiary/aromatic N) is 2. The van der Waals surface area contributed by atoms with Crippen LogP contribution >= 0.6 is 0 Å². The summed E-state index contributed by atoms with van der Waals surface area (Å²) in [4.78, 5) is 10.8. The summed E-state index contributed by atoms with van der Waals surface area (Å²) in [6, 6.07) is 6.65. The van der Waals surface area contributed by atoms with Crippen molar-refractivity contribution in [2.45, 2.75) is 38.1 Å². The van der Waals surface area contributed by atoms with Crippen LogP contribution in [0.1, 0.15) is 38.2 Å². The lowest BCUT2D eigenvalue weighted by atomic mass is 9.73. The largest absolute Gasteiger partial charge is 0.372 e. The molecule has 1 aromatic carbocycles. The van der Waals surface area contributed by atoms with Gasteiger partial charge in [-0.15, -0.1) is 0 Å². The number of nitrogens with two attached hydrogens (primary N) is 1. The van der Waals surface area contributed by atoms with Crippen molar-refractivity contribution in [3.8, 4) is 6.07 Å². The molecule has 6 nitrogen and oxygen atoms in total. The summed E-state index contributed by atoms with van der Waals surface area (Å²) in [5.41, 5.74) is 5.94. The summed E-state index contributed by atoms with van der Waals surface area (Å²) in [6.45, 7) is 2.54. The van der Waals surface area contributed by atoms with Gasteiger partial charge in [-0.05, 0) is 30.9 Å². The van der Waals surface area contributed by atoms with E-state index in [4.69, 9.17) is 11.0 Å². The third-order valence-corrected chi connectivity index (χ3v) is 4.54. The van der Waals surface area contributed by atoms with Crippen LogP contribution in [0.2, 0.25) is 0 Å². The Balaban J connectivity index is 2.43. The molecule has 0 aliphatic heterocycles. The average molecular weight is 288 g/mol. The van der Waals surface area contributed by atoms with E-state index in [0.717, 1.165) is 25.7 Å². The Kier molecular flexibility index (Phi) is 4.43. The summed E-state index contributed by atoms with van der Waals surface area (Å²) in [7, 11) is 0. The lowest BCUT2D eigenvalue weighted by Gasteiger charge is -2.43. The maximum absolute atomic E-state index is 11.3. The fraction of sp³-hybridized carbons (Fsp3) is 0.533. The molecular formula is C15H20N4O2. The van der Waals surface area contributed by atoms with Crippen molar-refractivity contribution in [2.75, 3.05) is 11.9 Å². The molecule has 1 aliphatic rings. The maximum Gasteiger partial charge on any atom is 0.309 e. The van der Waals surface area contributed by atoms with E-state index in [1.807, 2.05) is 6.07 Å². The Hall–Kier alpha value is -2.13. The summed E-state index contributed by atoms with van der Waals surface area (Å²) in [5, 5.41) is 23.7. The van der Waals surface area contributed by atoms with Crippen LogP contribution in [0.15, 0.2) is 18.2 Å². The van der Waals surface area contributed by atoms with Crippen molar-refractivity contribution < 1.29 is 4.92 Å². The van der Waals surface area contributed by atoms with Gasteiger partial charge in [0.1, 0.15) is 17.3 Å². The molecule has 6 heteroatoms. The summed E-state index contributed by atoms with van der Waals surface area (Å²) in [5.74, 6) is 0.335. The van der Waals surface area contributed by atoms with Crippen molar-refractivity contribution >= 4 is 11.4 Å². The van der Waals surface area contributed by atoms with Crippen LogP contribution in [0.5, 0.6) is 0 Å². The van der Waals surface area contributed by atoms with Crippen LogP contribution in [0, 0.1) is 27.4 Å². The zero-order valence-corrected chi connectivity index (χ0v) is 12.1. The summed E-state index contributed by atoms with van der Waals surface area (Å²) < 4.78 is 0. The Labute approximate surface area is 124 Å². The molecule has 21 heavy (non-hydrogen) atoms. The number of rotatable bonds is 4. The van der Waals surface area contributed by atoms with E-state index < -0.39 is 4.92 Å². The topological polar surface area (TPSA) is 105 Å². The minimum Gasteiger partial charge on any atom is -0.372 e. The molecule has 0 heterocycles. The highest BCUT2D eigenvalue weighted by Gasteiger charge is 2.38. The second kappa shape index (κ2) is 6.10. The summed E-state index contributed by atoms with van der Waals surface area (Å²) in [6.07, 6.45) is 4.15. The van der Waals surface area contributed by atoms with Crippen molar-refractivity contribution in [2.24, 2.45) is 11.7 Å². The third-order valence-electron chi connectivity index (χ3n) is 4.54. The van der Waals surface area contributed by atoms with Gasteiger partial charge in [-0.3, -0.25) is 10.1 Å². The molecule has 0 radical (unpaired) electrons. The first-order valence-electron chi connectivity index (χ1n) is 7.20. The zero-order valence-electron chi connectivity index (χ0n) is 12.1. The number of nitro groups is 1. The van der Waals surface area contributed by atoms with Gasteiger partial charge in [-0.1, -0.05) is 25.8 Å². The molecule has 1 aromatic rings. The fourth-order valence-electron chi connectivity index (χ4n) is 3.15. The third kappa shape index (κ3) is 2.83. The van der Waals surface area contributed by atoms with Gasteiger partial charge < -0.3 is 11.1 Å². The standard InChI is InChI=1S/C15H20N4O2/c1-11-5-2-3-8-15(11,10-17)18-13-7-4-6-12(9-16)14(13)19(20)21/h4,6-7,11,18H,2-3,5,8,10,17H2,1H3. The molecule has 0 saturated heterocycles. The minimum atomic E-state index is -0.501. The highest BCUT2D eigenvalue weighted by atomic mass is 16.6. The first-order valence-corrected chi connectivity index (χ1v) is 7.20. The predicted molar refractivity (Wildman–Crippen MR) is 80.9 cm³/mol. The maximum atomic E-state index is 11.3. The first kappa shape index (κ1) is 15.3. The van der Waals surface area contributed by atoms with Gasteiger partial charge in [-0.2, -0.15) is 5.26 Å². The predicted octanol–water partition coefficient (Wildman–Crippen LogP) is 2.79. The normalized spacial score (nSPS) is 25.1. The van der Waals surface area contributed by atoms with E-state index in [2.05, 4.69) is 12.2 Å². The van der Waals surface area contributed by atoms with Crippen LogP contribution in [0.25, 0.3) is 0 Å². The molecule has 1 saturated carbocycles. The lowest BCUT2D eigenvalue weighted by molar-refractivity contribution is -0.384. The lowest BCUT2D eigenvalue weighted by Crippen LogP contribution is -2.52. The van der Waals surface area contributed by atoms with Crippen LogP contribution in [-0.2, 0) is 0 Å². The second-order valence-electron chi connectivity index (χ2n) is 5.70. The Bertz CT molecular complexity index is 582. The monoisotopic (exact) mass is 288 g/mol. The molecule has 2 unspecified atom stereocenters. The van der Waals surface area contributed by atoms with Gasteiger partial charge in [0.2, 0.25) is 0 Å². The molecule has 3 N–H and O–H groups in total. The molecule has 0 aromatic heterocycles. The quantitative estimate of drug-likeness (QED) is 0.654. The van der Waals surface area contributed by atoms with Gasteiger partial charge >= 0.3 is 5.69 Å². The van der Waals surface area contributed by atoms with Crippen LogP contribution in [0.3, 0.4) is 0 Å². The van der Waals surface area contributed by atoms with E-state index in [1.54, 1.807) is 12.1 Å². The van der Waals surface area contributed by atoms with E-state index in [1.165, 1.54) is 6.07 Å². The number of para-hydroxylation sites is 1. The number of anilines is 1. The van der Waals surface area contributed by atoms with Gasteiger partial charge in [0.25, 0.3) is 0 Å². The van der Waals surface area contributed by atoms with Crippen LogP contribution in [0.4, 0.5) is 11.4 Å². The molecule has 1 aliphatic carbocycles. The molecular weight excluding hydrogens is 268 g/mol. The fourth-order valence-corrected chi connectivity index (χ4v) is 3.15. The highest BCUT2D eigenvalue weighted by Crippen LogP contribution is 2.38. The van der Waals surface area contributed by atoms with Crippen LogP contribution < -0.4 is 11.1 Å². The molecule has 2 rings (SSSR count). The molecule has 1 fully saturated rings. The number of hydrogen-bond acceptors (Lipinski definition) is 5. The zero-order chi connectivity index (χ0) is 15.5. The van der Waals surface area contributed by atoms with Crippen molar-refractivity contribution in [1.29, 1.82) is 5.26 Å². The molecule has 0 spiro atoms. The Morgan fingerprint density at radius 2 is 2.33 bits per heavy atom. The SMILES string of the molecule is CC1CCCCC1(CN)Nc1cccc(C#N)c1[N+](=O)[O-]. The van der Waals surface area contributed by atoms with Gasteiger partial charge in [0.15, 0.2) is 0 Å². The minimum absolute atomic E-state index is 0.0700. The van der Waals surface area contributed by atoms with Crippen molar-refractivity contribution in [3.63, 3.8) is 0 Å². The molecule has 0 amide bonds. The Morgan fingerprint density at radius 1 is 1.57 bits per heavy atom. The van der Waals surface area contributed by atoms with Gasteiger partial charge in [0, 0.05) is 6.54 Å². The van der Waals surface area contributed by atoms with Gasteiger partial charge in [-0.25, -0.2) is 0 Å². The highest BCUT2D eigenvalue weighted by molar-refractivity contribution is 5.69. The second-order valence-corrected chi connectivity index (χ2v) is 5.70. The first-order chi connectivity index (χ1) is 10.0. The van der Waals surface area contributed by atoms with Crippen molar-refractivity contribution in [3.05, 3.63) is 33.9 Å².